The van der Waals surface area contributed by atoms with Gasteiger partial charge in [-0.15, -0.1) is 0 Å². The lowest BCUT2D eigenvalue weighted by atomic mass is 10.1. The molecule has 1 atom stereocenters. The lowest BCUT2D eigenvalue weighted by Gasteiger charge is -2.24. The molecule has 2 aromatic carbocycles. The van der Waals surface area contributed by atoms with Gasteiger partial charge < -0.3 is 10.1 Å². The number of anilines is 1. The molecule has 1 N–H and O–H groups in total. The van der Waals surface area contributed by atoms with Crippen LogP contribution in [0.4, 0.5) is 5.69 Å². The van der Waals surface area contributed by atoms with Gasteiger partial charge in [-0.1, -0.05) is 18.2 Å². The first-order valence-electron chi connectivity index (χ1n) is 9.25. The highest BCUT2D eigenvalue weighted by atomic mass is 32.2. The number of amides is 2. The molecular weight excluding hydrogens is 392 g/mol. The number of nitrogens with one attached hydrogen (secondary N) is 1. The smallest absolute Gasteiger partial charge is 0.267 e. The molecule has 0 bridgehead atoms. The predicted octanol–water partition coefficient (Wildman–Crippen LogP) is 2.94. The average molecular weight is 416 g/mol. The molecule has 29 heavy (non-hydrogen) atoms. The number of ether oxygens (including phenoxy) is 1. The largest absolute Gasteiger partial charge is 0.496 e. The Kier molecular flexibility index (Phi) is 5.66. The van der Waals surface area contributed by atoms with Gasteiger partial charge in [0.2, 0.25) is 11.8 Å². The van der Waals surface area contributed by atoms with Crippen molar-refractivity contribution in [3.63, 3.8) is 0 Å². The Hall–Kier alpha value is -2.87. The number of benzene rings is 2. The third-order valence-corrected chi connectivity index (χ3v) is 6.94. The SMILES string of the molecule is COc1ccc(S(=O)(=O)N2C(=O)CC[C@@H]2C(=O)Nc2c(C)cccc2C)cc1C. The highest BCUT2D eigenvalue weighted by Gasteiger charge is 2.44. The van der Waals surface area contributed by atoms with Crippen LogP contribution in [0.15, 0.2) is 41.3 Å². The number of carbonyl (C=O) groups excluding carboxylic acids is 2. The normalized spacial score (nSPS) is 16.8. The molecule has 1 heterocycles. The second-order valence-corrected chi connectivity index (χ2v) is 8.95. The number of methoxy groups -OCH3 is 1. The molecule has 1 aliphatic heterocycles. The second-order valence-electron chi connectivity index (χ2n) is 7.14. The summed E-state index contributed by atoms with van der Waals surface area (Å²) in [7, 11) is -2.68. The van der Waals surface area contributed by atoms with Crippen molar-refractivity contribution in [3.8, 4) is 5.75 Å². The van der Waals surface area contributed by atoms with E-state index in [0.29, 0.717) is 17.0 Å². The molecule has 7 nitrogen and oxygen atoms in total. The zero-order valence-corrected chi connectivity index (χ0v) is 17.7. The van der Waals surface area contributed by atoms with Gasteiger partial charge in [-0.05, 0) is 62.1 Å². The van der Waals surface area contributed by atoms with Gasteiger partial charge in [0, 0.05) is 12.1 Å². The minimum Gasteiger partial charge on any atom is -0.496 e. The van der Waals surface area contributed by atoms with Gasteiger partial charge >= 0.3 is 0 Å². The van der Waals surface area contributed by atoms with Crippen molar-refractivity contribution in [1.82, 2.24) is 4.31 Å². The molecule has 3 rings (SSSR count). The molecule has 0 spiro atoms. The Morgan fingerprint density at radius 3 is 2.34 bits per heavy atom. The van der Waals surface area contributed by atoms with E-state index >= 15 is 0 Å². The number of hydrogen-bond acceptors (Lipinski definition) is 5. The van der Waals surface area contributed by atoms with E-state index < -0.39 is 27.9 Å². The summed E-state index contributed by atoms with van der Waals surface area (Å²) < 4.78 is 32.3. The minimum absolute atomic E-state index is 0.000786. The second kappa shape index (κ2) is 7.87. The highest BCUT2D eigenvalue weighted by molar-refractivity contribution is 7.89. The Morgan fingerprint density at radius 1 is 1.10 bits per heavy atom. The zero-order chi connectivity index (χ0) is 21.3. The molecule has 0 aromatic heterocycles. The fraction of sp³-hybridized carbons (Fsp3) is 0.333. The van der Waals surface area contributed by atoms with E-state index in [2.05, 4.69) is 5.32 Å². The average Bonchev–Trinajstić information content (AvgIpc) is 3.07. The first-order valence-corrected chi connectivity index (χ1v) is 10.7. The van der Waals surface area contributed by atoms with Crippen LogP contribution in [0.3, 0.4) is 0 Å². The summed E-state index contributed by atoms with van der Waals surface area (Å²) in [5.74, 6) is -0.553. The number of sulfonamides is 1. The fourth-order valence-corrected chi connectivity index (χ4v) is 5.23. The van der Waals surface area contributed by atoms with Crippen LogP contribution in [-0.2, 0) is 19.6 Å². The summed E-state index contributed by atoms with van der Waals surface area (Å²) in [6.07, 6.45) is 0.142. The Balaban J connectivity index is 1.94. The Morgan fingerprint density at radius 2 is 1.76 bits per heavy atom. The Bertz CT molecular complexity index is 1060. The van der Waals surface area contributed by atoms with Crippen LogP contribution in [0.25, 0.3) is 0 Å². The van der Waals surface area contributed by atoms with Gasteiger partial charge in [0.25, 0.3) is 10.0 Å². The van der Waals surface area contributed by atoms with Crippen molar-refractivity contribution in [2.24, 2.45) is 0 Å². The third kappa shape index (κ3) is 3.85. The van der Waals surface area contributed by atoms with E-state index in [-0.39, 0.29) is 17.7 Å². The molecule has 154 valence electrons. The number of nitrogens with zero attached hydrogens (tertiary/aromatic N) is 1. The number of carbonyl (C=O) groups is 2. The monoisotopic (exact) mass is 416 g/mol. The van der Waals surface area contributed by atoms with Crippen molar-refractivity contribution in [2.45, 2.75) is 44.6 Å². The minimum atomic E-state index is -4.17. The van der Waals surface area contributed by atoms with Gasteiger partial charge in [-0.2, -0.15) is 0 Å². The van der Waals surface area contributed by atoms with E-state index in [0.717, 1.165) is 15.4 Å². The number of aryl methyl sites for hydroxylation is 3. The van der Waals surface area contributed by atoms with Crippen LogP contribution in [-0.4, -0.2) is 37.7 Å². The summed E-state index contributed by atoms with van der Waals surface area (Å²) >= 11 is 0. The first-order chi connectivity index (χ1) is 13.7. The number of para-hydroxylation sites is 1. The summed E-state index contributed by atoms with van der Waals surface area (Å²) in [5.41, 5.74) is 2.98. The first kappa shape index (κ1) is 20.9. The van der Waals surface area contributed by atoms with Crippen LogP contribution in [0.2, 0.25) is 0 Å². The van der Waals surface area contributed by atoms with Gasteiger partial charge in [-0.25, -0.2) is 12.7 Å². The van der Waals surface area contributed by atoms with Crippen LogP contribution in [0, 0.1) is 20.8 Å². The molecule has 0 aliphatic carbocycles. The maximum absolute atomic E-state index is 13.2. The maximum Gasteiger partial charge on any atom is 0.267 e. The van der Waals surface area contributed by atoms with Crippen molar-refractivity contribution in [1.29, 1.82) is 0 Å². The molecule has 2 amide bonds. The summed E-state index contributed by atoms with van der Waals surface area (Å²) in [5, 5.41) is 2.81. The summed E-state index contributed by atoms with van der Waals surface area (Å²) in [4.78, 5) is 25.3. The van der Waals surface area contributed by atoms with Crippen LogP contribution in [0.1, 0.15) is 29.5 Å². The van der Waals surface area contributed by atoms with E-state index in [1.54, 1.807) is 6.92 Å². The highest BCUT2D eigenvalue weighted by Crippen LogP contribution is 2.31. The van der Waals surface area contributed by atoms with E-state index in [1.165, 1.54) is 25.3 Å². The van der Waals surface area contributed by atoms with E-state index in [1.807, 2.05) is 32.0 Å². The van der Waals surface area contributed by atoms with Crippen molar-refractivity contribution < 1.29 is 22.7 Å². The molecular formula is C21H24N2O5S. The van der Waals surface area contributed by atoms with E-state index in [4.69, 9.17) is 4.74 Å². The fourth-order valence-electron chi connectivity index (χ4n) is 3.54. The van der Waals surface area contributed by atoms with Crippen LogP contribution in [0.5, 0.6) is 5.75 Å². The molecule has 1 aliphatic rings. The molecule has 8 heteroatoms. The molecule has 0 saturated carbocycles. The predicted molar refractivity (Wildman–Crippen MR) is 109 cm³/mol. The summed E-state index contributed by atoms with van der Waals surface area (Å²) in [6, 6.07) is 8.87. The van der Waals surface area contributed by atoms with Gasteiger partial charge in [0.1, 0.15) is 11.8 Å². The van der Waals surface area contributed by atoms with Crippen molar-refractivity contribution in [2.75, 3.05) is 12.4 Å². The van der Waals surface area contributed by atoms with Gasteiger partial charge in [-0.3, -0.25) is 9.59 Å². The third-order valence-electron chi connectivity index (χ3n) is 5.12. The molecule has 2 aromatic rings. The van der Waals surface area contributed by atoms with E-state index in [9.17, 15) is 18.0 Å². The zero-order valence-electron chi connectivity index (χ0n) is 16.9. The van der Waals surface area contributed by atoms with Crippen molar-refractivity contribution in [3.05, 3.63) is 53.1 Å². The standard InChI is InChI=1S/C21H24N2O5S/c1-13-6-5-7-14(2)20(13)22-21(25)17-9-11-19(24)23(17)29(26,27)16-8-10-18(28-4)15(3)12-16/h5-8,10,12,17H,9,11H2,1-4H3,(H,22,25)/t17-/m1/s1. The number of hydrogen-bond donors (Lipinski definition) is 1. The van der Waals surface area contributed by atoms with Crippen molar-refractivity contribution >= 4 is 27.5 Å². The maximum atomic E-state index is 13.2. The number of rotatable bonds is 5. The molecule has 0 unspecified atom stereocenters. The quantitative estimate of drug-likeness (QED) is 0.809. The van der Waals surface area contributed by atoms with Gasteiger partial charge in [0.15, 0.2) is 0 Å². The Labute approximate surface area is 170 Å². The van der Waals surface area contributed by atoms with Crippen LogP contribution >= 0.6 is 0 Å². The molecule has 1 fully saturated rings. The molecule has 1 saturated heterocycles. The lowest BCUT2D eigenvalue weighted by molar-refractivity contribution is -0.128. The van der Waals surface area contributed by atoms with Crippen LogP contribution < -0.4 is 10.1 Å². The van der Waals surface area contributed by atoms with Gasteiger partial charge in [0.05, 0.1) is 12.0 Å². The lowest BCUT2D eigenvalue weighted by Crippen LogP contribution is -2.45. The summed E-state index contributed by atoms with van der Waals surface area (Å²) in [6.45, 7) is 5.43. The molecule has 0 radical (unpaired) electrons. The topological polar surface area (TPSA) is 92.8 Å².